The molecule has 9 heteroatoms. The molecule has 0 unspecified atom stereocenters. The Balaban J connectivity index is 1.80. The summed E-state index contributed by atoms with van der Waals surface area (Å²) >= 11 is 0. The van der Waals surface area contributed by atoms with Crippen LogP contribution in [0.25, 0.3) is 16.7 Å². The molecule has 142 valence electrons. The van der Waals surface area contributed by atoms with E-state index in [4.69, 9.17) is 0 Å². The monoisotopic (exact) mass is 383 g/mol. The van der Waals surface area contributed by atoms with E-state index >= 15 is 0 Å². The van der Waals surface area contributed by atoms with Crippen molar-refractivity contribution in [3.8, 4) is 0 Å². The number of carbonyl (C=O) groups excluding carboxylic acids is 1. The number of hydrogen-bond acceptors (Lipinski definition) is 4. The first kappa shape index (κ1) is 17.8. The Labute approximate surface area is 157 Å². The number of halogens is 2. The first-order chi connectivity index (χ1) is 13.5. The van der Waals surface area contributed by atoms with Crippen molar-refractivity contribution in [3.05, 3.63) is 70.3 Å². The fraction of sp³-hybridized carbons (Fsp3) is 0.158. The molecule has 2 aromatic carbocycles. The van der Waals surface area contributed by atoms with E-state index in [0.717, 1.165) is 18.2 Å². The number of carbonyl (C=O) groups is 1. The number of aryl methyl sites for hydroxylation is 1. The number of rotatable bonds is 4. The van der Waals surface area contributed by atoms with Gasteiger partial charge in [0.1, 0.15) is 24.0 Å². The number of fused-ring (bicyclic) bond motifs is 3. The van der Waals surface area contributed by atoms with E-state index in [2.05, 4.69) is 15.5 Å². The number of nitrogens with zero attached hydrogens (tertiary/aromatic N) is 4. The maximum Gasteiger partial charge on any atom is 0.297 e. The minimum absolute atomic E-state index is 0.0975. The van der Waals surface area contributed by atoms with Crippen molar-refractivity contribution in [2.24, 2.45) is 0 Å². The summed E-state index contributed by atoms with van der Waals surface area (Å²) in [5, 5.41) is 10.3. The van der Waals surface area contributed by atoms with E-state index in [1.165, 1.54) is 4.57 Å². The highest BCUT2D eigenvalue weighted by Gasteiger charge is 2.18. The van der Waals surface area contributed by atoms with Gasteiger partial charge in [-0.3, -0.25) is 18.6 Å². The zero-order chi connectivity index (χ0) is 19.8. The maximum atomic E-state index is 13.8. The predicted octanol–water partition coefficient (Wildman–Crippen LogP) is 2.52. The molecule has 4 aromatic rings. The van der Waals surface area contributed by atoms with Crippen LogP contribution in [-0.4, -0.2) is 25.1 Å². The summed E-state index contributed by atoms with van der Waals surface area (Å²) in [5.41, 5.74) is 0.480. The fourth-order valence-electron chi connectivity index (χ4n) is 3.13. The number of hydrogen-bond donors (Lipinski definition) is 1. The van der Waals surface area contributed by atoms with E-state index < -0.39 is 23.1 Å². The largest absolute Gasteiger partial charge is 0.322 e. The second-order valence-corrected chi connectivity index (χ2v) is 6.18. The van der Waals surface area contributed by atoms with Gasteiger partial charge in [0.2, 0.25) is 11.6 Å². The Morgan fingerprint density at radius 3 is 2.61 bits per heavy atom. The van der Waals surface area contributed by atoms with E-state index in [0.29, 0.717) is 23.3 Å². The van der Waals surface area contributed by atoms with Crippen molar-refractivity contribution in [2.45, 2.75) is 19.9 Å². The average Bonchev–Trinajstić information content (AvgIpc) is 3.12. The lowest BCUT2D eigenvalue weighted by Gasteiger charge is -2.13. The Morgan fingerprint density at radius 2 is 1.86 bits per heavy atom. The Hall–Kier alpha value is -3.62. The van der Waals surface area contributed by atoms with Crippen LogP contribution in [0.5, 0.6) is 0 Å². The topological polar surface area (TPSA) is 81.3 Å². The molecule has 2 heterocycles. The molecular formula is C19H15F2N5O2. The SMILES string of the molecule is CCc1nnc2c(=O)n(CC(=O)Nc3cc(F)ccc3F)c3ccccc3n12. The standard InChI is InChI=1S/C19H15F2N5O2/c1-2-16-23-24-18-19(28)25(14-5-3-4-6-15(14)26(16)18)10-17(27)22-13-9-11(20)7-8-12(13)21/h3-9H,2,10H2,1H3,(H,22,27). The third-order valence-electron chi connectivity index (χ3n) is 4.40. The molecule has 7 nitrogen and oxygen atoms in total. The first-order valence-electron chi connectivity index (χ1n) is 8.60. The summed E-state index contributed by atoms with van der Waals surface area (Å²) in [6.07, 6.45) is 0.577. The smallest absolute Gasteiger partial charge is 0.297 e. The molecule has 1 amide bonds. The lowest BCUT2D eigenvalue weighted by Crippen LogP contribution is -2.29. The summed E-state index contributed by atoms with van der Waals surface area (Å²) in [6.45, 7) is 1.51. The van der Waals surface area contributed by atoms with Crippen LogP contribution in [0.3, 0.4) is 0 Å². The normalized spacial score (nSPS) is 11.2. The number of para-hydroxylation sites is 2. The van der Waals surface area contributed by atoms with Crippen LogP contribution in [0, 0.1) is 11.6 Å². The van der Waals surface area contributed by atoms with Crippen molar-refractivity contribution in [3.63, 3.8) is 0 Å². The number of nitrogens with one attached hydrogen (secondary N) is 1. The molecule has 0 aliphatic carbocycles. The summed E-state index contributed by atoms with van der Waals surface area (Å²) < 4.78 is 30.0. The van der Waals surface area contributed by atoms with Crippen molar-refractivity contribution >= 4 is 28.3 Å². The minimum atomic E-state index is -0.771. The lowest BCUT2D eigenvalue weighted by atomic mass is 10.2. The fourth-order valence-corrected chi connectivity index (χ4v) is 3.13. The van der Waals surface area contributed by atoms with Crippen molar-refractivity contribution in [2.75, 3.05) is 5.32 Å². The summed E-state index contributed by atoms with van der Waals surface area (Å²) in [7, 11) is 0. The van der Waals surface area contributed by atoms with Crippen molar-refractivity contribution in [1.82, 2.24) is 19.2 Å². The van der Waals surface area contributed by atoms with Crippen LogP contribution in [0.2, 0.25) is 0 Å². The van der Waals surface area contributed by atoms with Gasteiger partial charge in [-0.05, 0) is 24.3 Å². The van der Waals surface area contributed by atoms with E-state index in [1.807, 2.05) is 6.92 Å². The summed E-state index contributed by atoms with van der Waals surface area (Å²) in [4.78, 5) is 25.3. The molecule has 0 fully saturated rings. The van der Waals surface area contributed by atoms with Crippen LogP contribution < -0.4 is 10.9 Å². The van der Waals surface area contributed by atoms with Crippen molar-refractivity contribution in [1.29, 1.82) is 0 Å². The third-order valence-corrected chi connectivity index (χ3v) is 4.40. The van der Waals surface area contributed by atoms with Gasteiger partial charge in [0, 0.05) is 12.5 Å². The Bertz CT molecular complexity index is 1280. The van der Waals surface area contributed by atoms with Crippen molar-refractivity contribution < 1.29 is 13.6 Å². The summed E-state index contributed by atoms with van der Waals surface area (Å²) in [6, 6.07) is 9.79. The zero-order valence-corrected chi connectivity index (χ0v) is 14.8. The van der Waals surface area contributed by atoms with Gasteiger partial charge >= 0.3 is 0 Å². The zero-order valence-electron chi connectivity index (χ0n) is 14.8. The molecule has 0 spiro atoms. The molecule has 4 rings (SSSR count). The van der Waals surface area contributed by atoms with E-state index in [1.54, 1.807) is 28.7 Å². The van der Waals surface area contributed by atoms with Gasteiger partial charge < -0.3 is 5.32 Å². The number of anilines is 1. The molecule has 0 aliphatic heterocycles. The molecule has 0 saturated carbocycles. The van der Waals surface area contributed by atoms with Gasteiger partial charge in [0.05, 0.1) is 16.7 Å². The van der Waals surface area contributed by atoms with Crippen LogP contribution in [0.4, 0.5) is 14.5 Å². The van der Waals surface area contributed by atoms with E-state index in [-0.39, 0.29) is 17.9 Å². The molecule has 0 radical (unpaired) electrons. The third kappa shape index (κ3) is 2.90. The minimum Gasteiger partial charge on any atom is -0.322 e. The molecular weight excluding hydrogens is 368 g/mol. The second-order valence-electron chi connectivity index (χ2n) is 6.18. The van der Waals surface area contributed by atoms with Gasteiger partial charge in [-0.25, -0.2) is 8.78 Å². The van der Waals surface area contributed by atoms with Crippen LogP contribution in [0.15, 0.2) is 47.3 Å². The predicted molar refractivity (Wildman–Crippen MR) is 99.1 cm³/mol. The van der Waals surface area contributed by atoms with Gasteiger partial charge in [0.15, 0.2) is 0 Å². The first-order valence-corrected chi connectivity index (χ1v) is 8.60. The highest BCUT2D eigenvalue weighted by atomic mass is 19.1. The molecule has 2 aromatic heterocycles. The van der Waals surface area contributed by atoms with Crippen LogP contribution in [-0.2, 0) is 17.8 Å². The van der Waals surface area contributed by atoms with Gasteiger partial charge in [-0.1, -0.05) is 19.1 Å². The van der Waals surface area contributed by atoms with Crippen LogP contribution >= 0.6 is 0 Å². The molecule has 0 bridgehead atoms. The quantitative estimate of drug-likeness (QED) is 0.587. The molecule has 0 saturated heterocycles. The van der Waals surface area contributed by atoms with Gasteiger partial charge in [-0.15, -0.1) is 10.2 Å². The molecule has 0 atom stereocenters. The van der Waals surface area contributed by atoms with Gasteiger partial charge in [-0.2, -0.15) is 0 Å². The Kier molecular flexibility index (Phi) is 4.34. The highest BCUT2D eigenvalue weighted by Crippen LogP contribution is 2.17. The number of benzene rings is 2. The molecule has 0 aliphatic rings. The lowest BCUT2D eigenvalue weighted by molar-refractivity contribution is -0.116. The summed E-state index contributed by atoms with van der Waals surface area (Å²) in [5.74, 6) is -1.50. The second kappa shape index (κ2) is 6.84. The molecule has 1 N–H and O–H groups in total. The highest BCUT2D eigenvalue weighted by molar-refractivity contribution is 5.92. The molecule has 28 heavy (non-hydrogen) atoms. The number of amides is 1. The maximum absolute atomic E-state index is 13.8. The Morgan fingerprint density at radius 1 is 1.11 bits per heavy atom. The average molecular weight is 383 g/mol. The van der Waals surface area contributed by atoms with Gasteiger partial charge in [0.25, 0.3) is 5.56 Å². The van der Waals surface area contributed by atoms with E-state index in [9.17, 15) is 18.4 Å². The van der Waals surface area contributed by atoms with Crippen LogP contribution in [0.1, 0.15) is 12.7 Å². The number of aromatic nitrogens is 4.